The highest BCUT2D eigenvalue weighted by molar-refractivity contribution is 6.21. The van der Waals surface area contributed by atoms with E-state index in [9.17, 15) is 0 Å². The minimum Gasteiger partial charge on any atom is -0.0622 e. The maximum atomic E-state index is 2.44. The van der Waals surface area contributed by atoms with Crippen molar-refractivity contribution in [1.29, 1.82) is 0 Å². The second-order valence-corrected chi connectivity index (χ2v) is 14.1. The molecule has 0 atom stereocenters. The molecule has 10 rings (SSSR count). The monoisotopic (exact) mass is 622 g/mol. The van der Waals surface area contributed by atoms with E-state index >= 15 is 0 Å². The summed E-state index contributed by atoms with van der Waals surface area (Å²) < 4.78 is 0. The average molecular weight is 623 g/mol. The van der Waals surface area contributed by atoms with E-state index in [1.54, 1.807) is 0 Å². The molecule has 0 heterocycles. The molecule has 0 unspecified atom stereocenters. The molecule has 0 aliphatic heterocycles. The van der Waals surface area contributed by atoms with Crippen LogP contribution in [0.1, 0.15) is 25.0 Å². The molecule has 49 heavy (non-hydrogen) atoms. The second-order valence-electron chi connectivity index (χ2n) is 14.1. The zero-order valence-electron chi connectivity index (χ0n) is 27.7. The molecule has 9 aromatic carbocycles. The first-order chi connectivity index (χ1) is 24.1. The molecule has 0 nitrogen and oxygen atoms in total. The summed E-state index contributed by atoms with van der Waals surface area (Å²) in [6, 6.07) is 63.1. The Labute approximate surface area is 286 Å². The van der Waals surface area contributed by atoms with E-state index in [0.29, 0.717) is 0 Å². The van der Waals surface area contributed by atoms with Crippen molar-refractivity contribution in [2.75, 3.05) is 0 Å². The first-order valence-electron chi connectivity index (χ1n) is 17.3. The smallest absolute Gasteiger partial charge is 0.0159 e. The quantitative estimate of drug-likeness (QED) is 0.172. The summed E-state index contributed by atoms with van der Waals surface area (Å²) in [6.45, 7) is 4.75. The summed E-state index contributed by atoms with van der Waals surface area (Å²) in [6.07, 6.45) is 0. The van der Waals surface area contributed by atoms with Gasteiger partial charge in [-0.3, -0.25) is 0 Å². The van der Waals surface area contributed by atoms with Crippen LogP contribution in [0.5, 0.6) is 0 Å². The van der Waals surface area contributed by atoms with Gasteiger partial charge < -0.3 is 0 Å². The van der Waals surface area contributed by atoms with E-state index in [1.165, 1.54) is 98.7 Å². The first kappa shape index (κ1) is 28.1. The molecule has 230 valence electrons. The van der Waals surface area contributed by atoms with Crippen molar-refractivity contribution in [3.63, 3.8) is 0 Å². The van der Waals surface area contributed by atoms with Gasteiger partial charge in [0.2, 0.25) is 0 Å². The Hall–Kier alpha value is -5.98. The van der Waals surface area contributed by atoms with Crippen LogP contribution in [0.4, 0.5) is 0 Å². The van der Waals surface area contributed by atoms with Crippen molar-refractivity contribution in [1.82, 2.24) is 0 Å². The molecule has 0 spiro atoms. The lowest BCUT2D eigenvalue weighted by atomic mass is 9.81. The lowest BCUT2D eigenvalue weighted by Crippen LogP contribution is -2.15. The number of fused-ring (bicyclic) bond motifs is 8. The summed E-state index contributed by atoms with van der Waals surface area (Å²) in [4.78, 5) is 0. The van der Waals surface area contributed by atoms with Gasteiger partial charge in [0.05, 0.1) is 0 Å². The Morgan fingerprint density at radius 3 is 1.47 bits per heavy atom. The molecule has 0 N–H and O–H groups in total. The maximum absolute atomic E-state index is 2.44. The van der Waals surface area contributed by atoms with Crippen LogP contribution in [0.3, 0.4) is 0 Å². The number of hydrogen-bond donors (Lipinski definition) is 0. The Morgan fingerprint density at radius 2 is 0.796 bits per heavy atom. The summed E-state index contributed by atoms with van der Waals surface area (Å²) >= 11 is 0. The van der Waals surface area contributed by atoms with Gasteiger partial charge in [-0.15, -0.1) is 0 Å². The summed E-state index contributed by atoms with van der Waals surface area (Å²) in [5, 5.41) is 10.3. The SMILES string of the molecule is CC1(C)c2cc(-c3ccc4cc(-c5c6ccccc6c(-c6ccccc6)c6ccccc56)ccc4c3)ccc2-c2c1ccc1ccccc21. The normalized spacial score (nSPS) is 13.3. The molecule has 0 saturated heterocycles. The summed E-state index contributed by atoms with van der Waals surface area (Å²) in [5.74, 6) is 0. The summed E-state index contributed by atoms with van der Waals surface area (Å²) in [7, 11) is 0. The maximum Gasteiger partial charge on any atom is 0.0159 e. The highest BCUT2D eigenvalue weighted by Crippen LogP contribution is 2.52. The minimum absolute atomic E-state index is 0.0575. The standard InChI is InChI=1S/C49H34/c1-49(2)44-27-25-31-12-6-7-15-38(31)48(44)43-26-24-36(30-45(43)49)34-20-21-35-29-37(23-22-33(35)28-34)47-41-18-10-8-16-39(41)46(32-13-4-3-5-14-32)40-17-9-11-19-42(40)47/h3-30H,1-2H3. The first-order valence-corrected chi connectivity index (χ1v) is 17.3. The van der Waals surface area contributed by atoms with Gasteiger partial charge in [-0.1, -0.05) is 166 Å². The van der Waals surface area contributed by atoms with E-state index in [2.05, 4.69) is 184 Å². The molecular formula is C49H34. The van der Waals surface area contributed by atoms with E-state index in [0.717, 1.165) is 0 Å². The van der Waals surface area contributed by atoms with E-state index < -0.39 is 0 Å². The zero-order valence-corrected chi connectivity index (χ0v) is 27.7. The van der Waals surface area contributed by atoms with Gasteiger partial charge in [-0.05, 0) is 117 Å². The van der Waals surface area contributed by atoms with Gasteiger partial charge >= 0.3 is 0 Å². The van der Waals surface area contributed by atoms with Crippen molar-refractivity contribution in [2.45, 2.75) is 19.3 Å². The molecule has 1 aliphatic carbocycles. The molecule has 0 fully saturated rings. The van der Waals surface area contributed by atoms with Crippen molar-refractivity contribution >= 4 is 43.1 Å². The van der Waals surface area contributed by atoms with Crippen LogP contribution < -0.4 is 0 Å². The molecule has 0 heteroatoms. The van der Waals surface area contributed by atoms with Crippen molar-refractivity contribution in [3.8, 4) is 44.5 Å². The average Bonchev–Trinajstić information content (AvgIpc) is 3.39. The molecule has 0 bridgehead atoms. The highest BCUT2D eigenvalue weighted by atomic mass is 14.4. The van der Waals surface area contributed by atoms with E-state index in [4.69, 9.17) is 0 Å². The molecule has 0 saturated carbocycles. The van der Waals surface area contributed by atoms with Gasteiger partial charge in [0, 0.05) is 5.41 Å². The lowest BCUT2D eigenvalue weighted by molar-refractivity contribution is 0.661. The second kappa shape index (κ2) is 10.5. The fourth-order valence-corrected chi connectivity index (χ4v) is 8.62. The summed E-state index contributed by atoms with van der Waals surface area (Å²) in [5.41, 5.74) is 13.1. The van der Waals surface area contributed by atoms with E-state index in [-0.39, 0.29) is 5.41 Å². The van der Waals surface area contributed by atoms with Crippen molar-refractivity contribution < 1.29 is 0 Å². The van der Waals surface area contributed by atoms with E-state index in [1.807, 2.05) is 0 Å². The molecule has 0 radical (unpaired) electrons. The number of hydrogen-bond acceptors (Lipinski definition) is 0. The molecule has 9 aromatic rings. The highest BCUT2D eigenvalue weighted by Gasteiger charge is 2.36. The van der Waals surface area contributed by atoms with Crippen LogP contribution in [-0.2, 0) is 5.41 Å². The van der Waals surface area contributed by atoms with Gasteiger partial charge in [0.15, 0.2) is 0 Å². The zero-order chi connectivity index (χ0) is 32.7. The Bertz CT molecular complexity index is 2720. The Balaban J connectivity index is 1.10. The molecule has 1 aliphatic rings. The fourth-order valence-electron chi connectivity index (χ4n) is 8.62. The third-order valence-electron chi connectivity index (χ3n) is 11.0. The molecule has 0 aromatic heterocycles. The van der Waals surface area contributed by atoms with Gasteiger partial charge in [-0.2, -0.15) is 0 Å². The third-order valence-corrected chi connectivity index (χ3v) is 11.0. The number of rotatable bonds is 3. The Kier molecular flexibility index (Phi) is 6.02. The van der Waals surface area contributed by atoms with Crippen LogP contribution >= 0.6 is 0 Å². The molecular weight excluding hydrogens is 589 g/mol. The van der Waals surface area contributed by atoms with Gasteiger partial charge in [0.25, 0.3) is 0 Å². The fraction of sp³-hybridized carbons (Fsp3) is 0.0612. The third kappa shape index (κ3) is 4.17. The van der Waals surface area contributed by atoms with Crippen LogP contribution in [0, 0.1) is 0 Å². The Morgan fingerprint density at radius 1 is 0.306 bits per heavy atom. The van der Waals surface area contributed by atoms with Gasteiger partial charge in [0.1, 0.15) is 0 Å². The van der Waals surface area contributed by atoms with Crippen LogP contribution in [-0.4, -0.2) is 0 Å². The molecule has 0 amide bonds. The predicted octanol–water partition coefficient (Wildman–Crippen LogP) is 13.6. The topological polar surface area (TPSA) is 0 Å². The van der Waals surface area contributed by atoms with Crippen LogP contribution in [0.15, 0.2) is 170 Å². The van der Waals surface area contributed by atoms with Crippen molar-refractivity contribution in [2.24, 2.45) is 0 Å². The minimum atomic E-state index is -0.0575. The largest absolute Gasteiger partial charge is 0.0622 e. The number of benzene rings is 9. The predicted molar refractivity (Wildman–Crippen MR) is 210 cm³/mol. The van der Waals surface area contributed by atoms with Gasteiger partial charge in [-0.25, -0.2) is 0 Å². The van der Waals surface area contributed by atoms with Crippen LogP contribution in [0.2, 0.25) is 0 Å². The van der Waals surface area contributed by atoms with Crippen LogP contribution in [0.25, 0.3) is 87.6 Å². The lowest BCUT2D eigenvalue weighted by Gasteiger charge is -2.22. The van der Waals surface area contributed by atoms with Crippen molar-refractivity contribution in [3.05, 3.63) is 181 Å².